The summed E-state index contributed by atoms with van der Waals surface area (Å²) in [6, 6.07) is 11.5. The Kier molecular flexibility index (Phi) is 8.30. The minimum atomic E-state index is -0.114. The largest absolute Gasteiger partial charge is 0.384 e. The summed E-state index contributed by atoms with van der Waals surface area (Å²) >= 11 is 12.2. The maximum atomic E-state index is 12.4. The molecule has 1 fully saturated rings. The molecular formula is C22H27Cl2N3O2. The van der Waals surface area contributed by atoms with Crippen LogP contribution in [-0.4, -0.2) is 42.6 Å². The molecule has 2 aromatic rings. The van der Waals surface area contributed by atoms with Gasteiger partial charge in [0, 0.05) is 32.8 Å². The van der Waals surface area contributed by atoms with E-state index in [1.54, 1.807) is 13.3 Å². The van der Waals surface area contributed by atoms with Crippen LogP contribution in [0.5, 0.6) is 0 Å². The third-order valence-corrected chi connectivity index (χ3v) is 6.00. The van der Waals surface area contributed by atoms with Crippen molar-refractivity contribution in [3.05, 3.63) is 63.9 Å². The van der Waals surface area contributed by atoms with Crippen LogP contribution in [0.25, 0.3) is 0 Å². The van der Waals surface area contributed by atoms with Crippen LogP contribution in [0.1, 0.15) is 36.6 Å². The van der Waals surface area contributed by atoms with E-state index in [9.17, 15) is 4.79 Å². The standard InChI is InChI=1S/C22H27Cl2N3O2/c1-29-12-9-21(28)26-22(20-6-2-3-10-25-20)17-5-4-11-27(15-17)14-16-7-8-18(23)19(24)13-16/h2-3,6-8,10,13,17,22H,4-5,9,11-12,14-15H2,1H3,(H,26,28)/t17-,22+/m0/s1. The summed E-state index contributed by atoms with van der Waals surface area (Å²) in [6.45, 7) is 3.12. The Morgan fingerprint density at radius 3 is 2.90 bits per heavy atom. The summed E-state index contributed by atoms with van der Waals surface area (Å²) in [5.41, 5.74) is 2.04. The third-order valence-electron chi connectivity index (χ3n) is 5.26. The average Bonchev–Trinajstić information content (AvgIpc) is 2.74. The Bertz CT molecular complexity index is 804. The van der Waals surface area contributed by atoms with Crippen molar-refractivity contribution < 1.29 is 9.53 Å². The monoisotopic (exact) mass is 435 g/mol. The number of ether oxygens (including phenoxy) is 1. The molecule has 5 nitrogen and oxygen atoms in total. The van der Waals surface area contributed by atoms with Gasteiger partial charge in [-0.1, -0.05) is 35.3 Å². The van der Waals surface area contributed by atoms with Gasteiger partial charge in [0.25, 0.3) is 0 Å². The molecule has 0 radical (unpaired) electrons. The van der Waals surface area contributed by atoms with Gasteiger partial charge in [-0.3, -0.25) is 14.7 Å². The number of hydrogen-bond acceptors (Lipinski definition) is 4. The molecule has 156 valence electrons. The van der Waals surface area contributed by atoms with Crippen molar-refractivity contribution in [3.63, 3.8) is 0 Å². The lowest BCUT2D eigenvalue weighted by Gasteiger charge is -2.37. The molecule has 1 aromatic heterocycles. The van der Waals surface area contributed by atoms with Gasteiger partial charge in [-0.25, -0.2) is 0 Å². The van der Waals surface area contributed by atoms with E-state index in [1.165, 1.54) is 0 Å². The number of hydrogen-bond donors (Lipinski definition) is 1. The van der Waals surface area contributed by atoms with Crippen LogP contribution in [-0.2, 0) is 16.1 Å². The highest BCUT2D eigenvalue weighted by Crippen LogP contribution is 2.30. The number of nitrogens with zero attached hydrogens (tertiary/aromatic N) is 2. The van der Waals surface area contributed by atoms with Gasteiger partial charge in [0.05, 0.1) is 28.4 Å². The third kappa shape index (κ3) is 6.41. The van der Waals surface area contributed by atoms with Gasteiger partial charge in [0.2, 0.25) is 5.91 Å². The molecule has 29 heavy (non-hydrogen) atoms. The predicted molar refractivity (Wildman–Crippen MR) is 116 cm³/mol. The molecule has 1 N–H and O–H groups in total. The van der Waals surface area contributed by atoms with Crippen LogP contribution < -0.4 is 5.32 Å². The summed E-state index contributed by atoms with van der Waals surface area (Å²) in [4.78, 5) is 19.3. The molecule has 1 aliphatic heterocycles. The second-order valence-electron chi connectivity index (χ2n) is 7.43. The lowest BCUT2D eigenvalue weighted by Crippen LogP contribution is -2.43. The highest BCUT2D eigenvalue weighted by Gasteiger charge is 2.30. The van der Waals surface area contributed by atoms with E-state index in [1.807, 2.05) is 36.4 Å². The molecule has 0 unspecified atom stereocenters. The second kappa shape index (κ2) is 10.9. The zero-order valence-corrected chi connectivity index (χ0v) is 18.1. The zero-order valence-electron chi connectivity index (χ0n) is 16.6. The Morgan fingerprint density at radius 2 is 2.17 bits per heavy atom. The molecule has 0 spiro atoms. The number of halogens is 2. The predicted octanol–water partition coefficient (Wildman–Crippen LogP) is 4.49. The van der Waals surface area contributed by atoms with Crippen molar-refractivity contribution >= 4 is 29.1 Å². The minimum absolute atomic E-state index is 0.0101. The van der Waals surface area contributed by atoms with Crippen molar-refractivity contribution in [1.29, 1.82) is 0 Å². The summed E-state index contributed by atoms with van der Waals surface area (Å²) < 4.78 is 5.04. The van der Waals surface area contributed by atoms with Crippen molar-refractivity contribution in [2.24, 2.45) is 5.92 Å². The molecular weight excluding hydrogens is 409 g/mol. The first-order valence-corrected chi connectivity index (χ1v) is 10.7. The number of rotatable bonds is 8. The molecule has 7 heteroatoms. The van der Waals surface area contributed by atoms with E-state index < -0.39 is 0 Å². The van der Waals surface area contributed by atoms with Crippen LogP contribution in [0.15, 0.2) is 42.6 Å². The molecule has 2 atom stereocenters. The first kappa shape index (κ1) is 22.0. The zero-order chi connectivity index (χ0) is 20.6. The van der Waals surface area contributed by atoms with Gasteiger partial charge >= 0.3 is 0 Å². The number of benzene rings is 1. The Labute approximate surface area is 182 Å². The Balaban J connectivity index is 1.71. The highest BCUT2D eigenvalue weighted by atomic mass is 35.5. The van der Waals surface area contributed by atoms with Gasteiger partial charge in [0.15, 0.2) is 0 Å². The molecule has 2 heterocycles. The lowest BCUT2D eigenvalue weighted by molar-refractivity contribution is -0.123. The van der Waals surface area contributed by atoms with E-state index in [0.717, 1.165) is 43.7 Å². The Hall–Kier alpha value is -1.66. The SMILES string of the molecule is COCCC(=O)N[C@@H](c1ccccn1)[C@H]1CCCN(Cc2ccc(Cl)c(Cl)c2)C1. The van der Waals surface area contributed by atoms with E-state index in [4.69, 9.17) is 27.9 Å². The number of aromatic nitrogens is 1. The number of amides is 1. The maximum Gasteiger partial charge on any atom is 0.222 e. The van der Waals surface area contributed by atoms with Gasteiger partial charge in [-0.2, -0.15) is 0 Å². The fraction of sp³-hybridized carbons (Fsp3) is 0.455. The number of nitrogens with one attached hydrogen (secondary N) is 1. The fourth-order valence-electron chi connectivity index (χ4n) is 3.84. The van der Waals surface area contributed by atoms with Gasteiger partial charge in [-0.15, -0.1) is 0 Å². The van der Waals surface area contributed by atoms with E-state index in [0.29, 0.717) is 23.1 Å². The minimum Gasteiger partial charge on any atom is -0.384 e. The van der Waals surface area contributed by atoms with Crippen molar-refractivity contribution in [3.8, 4) is 0 Å². The summed E-state index contributed by atoms with van der Waals surface area (Å²) in [6.07, 6.45) is 4.24. The topological polar surface area (TPSA) is 54.5 Å². The molecule has 3 rings (SSSR count). The van der Waals surface area contributed by atoms with Crippen LogP contribution >= 0.6 is 23.2 Å². The molecule has 1 aromatic carbocycles. The maximum absolute atomic E-state index is 12.4. The van der Waals surface area contributed by atoms with Crippen molar-refractivity contribution in [2.45, 2.75) is 31.8 Å². The molecule has 0 bridgehead atoms. The van der Waals surface area contributed by atoms with E-state index in [2.05, 4.69) is 15.2 Å². The molecule has 1 aliphatic rings. The number of carbonyl (C=O) groups excluding carboxylic acids is 1. The smallest absolute Gasteiger partial charge is 0.222 e. The highest BCUT2D eigenvalue weighted by molar-refractivity contribution is 6.42. The van der Waals surface area contributed by atoms with Crippen LogP contribution in [0.2, 0.25) is 10.0 Å². The lowest BCUT2D eigenvalue weighted by atomic mass is 9.88. The number of carbonyl (C=O) groups is 1. The van der Waals surface area contributed by atoms with Crippen molar-refractivity contribution in [2.75, 3.05) is 26.8 Å². The molecule has 1 saturated heterocycles. The molecule has 0 saturated carbocycles. The molecule has 0 aliphatic carbocycles. The number of piperidine rings is 1. The fourth-order valence-corrected chi connectivity index (χ4v) is 4.16. The average molecular weight is 436 g/mol. The van der Waals surface area contributed by atoms with Gasteiger partial charge in [0.1, 0.15) is 0 Å². The van der Waals surface area contributed by atoms with Crippen LogP contribution in [0, 0.1) is 5.92 Å². The number of methoxy groups -OCH3 is 1. The first-order chi connectivity index (χ1) is 14.1. The van der Waals surface area contributed by atoms with E-state index >= 15 is 0 Å². The number of pyridine rings is 1. The van der Waals surface area contributed by atoms with Crippen LogP contribution in [0.3, 0.4) is 0 Å². The summed E-state index contributed by atoms with van der Waals surface area (Å²) in [5, 5.41) is 4.34. The quantitative estimate of drug-likeness (QED) is 0.663. The van der Waals surface area contributed by atoms with Gasteiger partial charge < -0.3 is 10.1 Å². The van der Waals surface area contributed by atoms with Gasteiger partial charge in [-0.05, 0) is 55.1 Å². The Morgan fingerprint density at radius 1 is 1.31 bits per heavy atom. The normalized spacial score (nSPS) is 18.4. The first-order valence-electron chi connectivity index (χ1n) is 9.92. The van der Waals surface area contributed by atoms with Crippen LogP contribution in [0.4, 0.5) is 0 Å². The summed E-state index contributed by atoms with van der Waals surface area (Å²) in [7, 11) is 1.60. The van der Waals surface area contributed by atoms with Crippen molar-refractivity contribution in [1.82, 2.24) is 15.2 Å². The second-order valence-corrected chi connectivity index (χ2v) is 8.24. The summed E-state index contributed by atoms with van der Waals surface area (Å²) in [5.74, 6) is 0.275. The number of likely N-dealkylation sites (tertiary alicyclic amines) is 1. The van der Waals surface area contributed by atoms with E-state index in [-0.39, 0.29) is 17.9 Å². The molecule has 1 amide bonds.